The van der Waals surface area contributed by atoms with E-state index in [0.717, 1.165) is 18.2 Å². The van der Waals surface area contributed by atoms with Crippen LogP contribution in [0.4, 0.5) is 0 Å². The van der Waals surface area contributed by atoms with E-state index in [1.54, 1.807) is 0 Å². The van der Waals surface area contributed by atoms with Gasteiger partial charge in [-0.25, -0.2) is 0 Å². The summed E-state index contributed by atoms with van der Waals surface area (Å²) in [4.78, 5) is 8.97. The zero-order valence-electron chi connectivity index (χ0n) is 14.0. The molecule has 2 aliphatic heterocycles. The second kappa shape index (κ2) is 9.97. The van der Waals surface area contributed by atoms with Crippen molar-refractivity contribution in [3.05, 3.63) is 0 Å². The van der Waals surface area contributed by atoms with Crippen LogP contribution in [-0.2, 0) is 0 Å². The first-order valence-electron chi connectivity index (χ1n) is 8.25. The van der Waals surface area contributed by atoms with Crippen molar-refractivity contribution in [2.75, 3.05) is 0 Å². The summed E-state index contributed by atoms with van der Waals surface area (Å²) in [6.45, 7) is 11.1. The molecular weight excluding hydrogens is 258 g/mol. The summed E-state index contributed by atoms with van der Waals surface area (Å²) in [7, 11) is 0. The van der Waals surface area contributed by atoms with Gasteiger partial charge in [0.15, 0.2) is 0 Å². The molecule has 0 bridgehead atoms. The summed E-state index contributed by atoms with van der Waals surface area (Å²) in [6.07, 6.45) is 7.32. The fourth-order valence-corrected chi connectivity index (χ4v) is 2.78. The van der Waals surface area contributed by atoms with Crippen LogP contribution in [0, 0.1) is 11.8 Å². The van der Waals surface area contributed by atoms with E-state index in [-0.39, 0.29) is 7.43 Å². The van der Waals surface area contributed by atoms with Gasteiger partial charge in [-0.3, -0.25) is 9.98 Å². The monoisotopic (exact) mass is 295 g/mol. The van der Waals surface area contributed by atoms with Gasteiger partial charge in [0, 0.05) is 12.1 Å². The molecule has 0 aromatic heterocycles. The first-order chi connectivity index (χ1) is 9.40. The Bertz CT molecular complexity index is 308. The number of hydrogen-bond acceptors (Lipinski definition) is 3. The minimum absolute atomic E-state index is 0. The van der Waals surface area contributed by atoms with Crippen molar-refractivity contribution >= 4 is 11.5 Å². The third-order valence-corrected chi connectivity index (χ3v) is 4.23. The highest BCUT2D eigenvalue weighted by atomic mass is 14.9. The molecule has 0 aliphatic carbocycles. The van der Waals surface area contributed by atoms with E-state index in [2.05, 4.69) is 44.6 Å². The third-order valence-electron chi connectivity index (χ3n) is 4.23. The van der Waals surface area contributed by atoms with Crippen molar-refractivity contribution in [1.29, 1.82) is 0 Å². The molecule has 0 aromatic rings. The first-order valence-corrected chi connectivity index (χ1v) is 8.25. The van der Waals surface area contributed by atoms with Gasteiger partial charge in [0.25, 0.3) is 0 Å². The zero-order valence-corrected chi connectivity index (χ0v) is 14.0. The first kappa shape index (κ1) is 20.1. The average molecular weight is 296 g/mol. The predicted octanol–water partition coefficient (Wildman–Crippen LogP) is 4.84. The van der Waals surface area contributed by atoms with Gasteiger partial charge in [0.05, 0.1) is 17.9 Å². The Morgan fingerprint density at radius 2 is 1.38 bits per heavy atom. The third kappa shape index (κ3) is 7.63. The minimum Gasteiger partial charge on any atom is -0.387 e. The molecule has 0 aromatic carbocycles. The van der Waals surface area contributed by atoms with Gasteiger partial charge in [0.1, 0.15) is 0 Å². The Morgan fingerprint density at radius 3 is 1.71 bits per heavy atom. The maximum Gasteiger partial charge on any atom is 0.0940 e. The Morgan fingerprint density at radius 1 is 0.905 bits per heavy atom. The number of aliphatic imine (C=N–C) groups is 2. The van der Waals surface area contributed by atoms with Crippen LogP contribution in [0.2, 0.25) is 0 Å². The molecule has 2 atom stereocenters. The minimum atomic E-state index is 0. The maximum atomic E-state index is 5.61. The highest BCUT2D eigenvalue weighted by molar-refractivity contribution is 5.82. The summed E-state index contributed by atoms with van der Waals surface area (Å²) in [5, 5.41) is 0. The van der Waals surface area contributed by atoms with Gasteiger partial charge in [-0.1, -0.05) is 35.1 Å². The number of nitrogens with zero attached hydrogens (tertiary/aromatic N) is 2. The Labute approximate surface area is 132 Å². The van der Waals surface area contributed by atoms with Crippen LogP contribution in [0.5, 0.6) is 0 Å². The van der Waals surface area contributed by atoms with Crippen LogP contribution >= 0.6 is 0 Å². The normalized spacial score (nSPS) is 25.5. The zero-order chi connectivity index (χ0) is 15.1. The molecule has 124 valence electrons. The second-order valence-corrected chi connectivity index (χ2v) is 6.89. The molecular formula is C18H37N3. The summed E-state index contributed by atoms with van der Waals surface area (Å²) in [5.74, 6) is 2.24. The molecule has 2 N–H and O–H groups in total. The van der Waals surface area contributed by atoms with Gasteiger partial charge in [-0.05, 0) is 50.9 Å². The molecule has 0 radical (unpaired) electrons. The molecule has 0 fully saturated rings. The lowest BCUT2D eigenvalue weighted by atomic mass is 9.95. The molecule has 2 unspecified atom stereocenters. The standard InChI is InChI=1S/C9H17N.C8H16N2.CH4/c1-7(2)9-6-4-5-8(3)10-9;1-6(2)7-4-3-5-8(9)10-7;/h7,9H,4-6H2,1-3H3;6-7H,3-5H2,1-2H3,(H2,9,10);1H4. The van der Waals surface area contributed by atoms with E-state index in [1.165, 1.54) is 37.8 Å². The number of hydrogen-bond donors (Lipinski definition) is 1. The molecule has 2 rings (SSSR count). The van der Waals surface area contributed by atoms with Gasteiger partial charge >= 0.3 is 0 Å². The van der Waals surface area contributed by atoms with E-state index >= 15 is 0 Å². The van der Waals surface area contributed by atoms with Gasteiger partial charge in [0.2, 0.25) is 0 Å². The fraction of sp³-hybridized carbons (Fsp3) is 0.889. The molecule has 0 saturated heterocycles. The number of rotatable bonds is 2. The van der Waals surface area contributed by atoms with Gasteiger partial charge < -0.3 is 5.73 Å². The van der Waals surface area contributed by atoms with Crippen LogP contribution in [0.1, 0.15) is 80.6 Å². The topological polar surface area (TPSA) is 50.7 Å². The Hall–Kier alpha value is -0.860. The van der Waals surface area contributed by atoms with Crippen LogP contribution in [0.25, 0.3) is 0 Å². The van der Waals surface area contributed by atoms with Crippen molar-refractivity contribution in [2.45, 2.75) is 92.7 Å². The highest BCUT2D eigenvalue weighted by Crippen LogP contribution is 2.19. The van der Waals surface area contributed by atoms with Crippen LogP contribution in [0.3, 0.4) is 0 Å². The maximum absolute atomic E-state index is 5.61. The van der Waals surface area contributed by atoms with Crippen molar-refractivity contribution in [1.82, 2.24) is 0 Å². The molecule has 3 heteroatoms. The summed E-state index contributed by atoms with van der Waals surface area (Å²) in [6, 6.07) is 1.11. The van der Waals surface area contributed by atoms with Crippen molar-refractivity contribution < 1.29 is 0 Å². The van der Waals surface area contributed by atoms with Crippen molar-refractivity contribution in [2.24, 2.45) is 27.6 Å². The second-order valence-electron chi connectivity index (χ2n) is 6.89. The predicted molar refractivity (Wildman–Crippen MR) is 96.4 cm³/mol. The smallest absolute Gasteiger partial charge is 0.0940 e. The van der Waals surface area contributed by atoms with E-state index < -0.39 is 0 Å². The fourth-order valence-electron chi connectivity index (χ4n) is 2.78. The SMILES string of the molecule is C.CC(C)C1CCCC(N)=N1.CC1=NC(C(C)C)CCC1. The molecule has 21 heavy (non-hydrogen) atoms. The molecule has 2 aliphatic rings. The van der Waals surface area contributed by atoms with Crippen LogP contribution < -0.4 is 5.73 Å². The Kier molecular flexibility index (Phi) is 9.56. The molecule has 3 nitrogen and oxygen atoms in total. The quantitative estimate of drug-likeness (QED) is 0.778. The highest BCUT2D eigenvalue weighted by Gasteiger charge is 2.16. The summed E-state index contributed by atoms with van der Waals surface area (Å²) in [5.41, 5.74) is 6.96. The van der Waals surface area contributed by atoms with E-state index in [4.69, 9.17) is 5.73 Å². The van der Waals surface area contributed by atoms with Crippen LogP contribution in [-0.4, -0.2) is 23.6 Å². The number of amidine groups is 1. The lowest BCUT2D eigenvalue weighted by molar-refractivity contribution is 0.443. The van der Waals surface area contributed by atoms with Gasteiger partial charge in [-0.2, -0.15) is 0 Å². The largest absolute Gasteiger partial charge is 0.387 e. The molecule has 0 spiro atoms. The van der Waals surface area contributed by atoms with E-state index in [0.29, 0.717) is 18.0 Å². The average Bonchev–Trinajstić information content (AvgIpc) is 2.39. The van der Waals surface area contributed by atoms with Crippen LogP contribution in [0.15, 0.2) is 9.98 Å². The number of nitrogens with two attached hydrogens (primary N) is 1. The van der Waals surface area contributed by atoms with Crippen molar-refractivity contribution in [3.8, 4) is 0 Å². The van der Waals surface area contributed by atoms with Gasteiger partial charge in [-0.15, -0.1) is 0 Å². The molecule has 2 heterocycles. The molecule has 0 amide bonds. The van der Waals surface area contributed by atoms with E-state index in [1.807, 2.05) is 0 Å². The lowest BCUT2D eigenvalue weighted by Crippen LogP contribution is -2.25. The lowest BCUT2D eigenvalue weighted by Gasteiger charge is -2.21. The van der Waals surface area contributed by atoms with E-state index in [9.17, 15) is 0 Å². The molecule has 0 saturated carbocycles. The summed E-state index contributed by atoms with van der Waals surface area (Å²) >= 11 is 0. The summed E-state index contributed by atoms with van der Waals surface area (Å²) < 4.78 is 0. The van der Waals surface area contributed by atoms with Crippen molar-refractivity contribution in [3.63, 3.8) is 0 Å². The Balaban J connectivity index is 0.000000364.